The second-order valence-corrected chi connectivity index (χ2v) is 4.20. The van der Waals surface area contributed by atoms with E-state index in [1.165, 1.54) is 16.7 Å². The van der Waals surface area contributed by atoms with Crippen LogP contribution in [0, 0.1) is 6.92 Å². The van der Waals surface area contributed by atoms with Gasteiger partial charge in [0, 0.05) is 6.42 Å². The molecule has 2 aromatic rings. The van der Waals surface area contributed by atoms with Gasteiger partial charge < -0.3 is 4.74 Å². The van der Waals surface area contributed by atoms with Gasteiger partial charge in [0.1, 0.15) is 5.75 Å². The zero-order valence-electron chi connectivity index (χ0n) is 10.4. The van der Waals surface area contributed by atoms with Crippen molar-refractivity contribution in [1.82, 2.24) is 0 Å². The molecule has 0 bridgehead atoms. The second kappa shape index (κ2) is 5.53. The van der Waals surface area contributed by atoms with Crippen LogP contribution in [0.4, 0.5) is 0 Å². The largest absolute Gasteiger partial charge is 0.494 e. The zero-order valence-corrected chi connectivity index (χ0v) is 10.4. The maximum absolute atomic E-state index is 5.63. The van der Waals surface area contributed by atoms with Crippen LogP contribution in [0.3, 0.4) is 0 Å². The summed E-state index contributed by atoms with van der Waals surface area (Å²) in [6, 6.07) is 16.9. The number of benzene rings is 2. The predicted octanol–water partition coefficient (Wildman–Crippen LogP) is 3.98. The summed E-state index contributed by atoms with van der Waals surface area (Å²) < 4.78 is 5.63. The fraction of sp³-hybridized carbons (Fsp3) is 0.250. The van der Waals surface area contributed by atoms with Gasteiger partial charge in [-0.3, -0.25) is 0 Å². The second-order valence-electron chi connectivity index (χ2n) is 4.20. The van der Waals surface area contributed by atoms with Crippen molar-refractivity contribution in [3.8, 4) is 5.75 Å². The Bertz CT molecular complexity index is 471. The van der Waals surface area contributed by atoms with Gasteiger partial charge in [0.15, 0.2) is 0 Å². The van der Waals surface area contributed by atoms with Crippen LogP contribution in [0.2, 0.25) is 0 Å². The van der Waals surface area contributed by atoms with Crippen LogP contribution in [0.25, 0.3) is 0 Å². The van der Waals surface area contributed by atoms with E-state index in [1.807, 2.05) is 19.1 Å². The third kappa shape index (κ3) is 3.10. The third-order valence-corrected chi connectivity index (χ3v) is 2.79. The molecule has 0 aliphatic heterocycles. The van der Waals surface area contributed by atoms with Crippen molar-refractivity contribution >= 4 is 0 Å². The summed E-state index contributed by atoms with van der Waals surface area (Å²) in [6.45, 7) is 4.84. The maximum Gasteiger partial charge on any atom is 0.122 e. The minimum Gasteiger partial charge on any atom is -0.494 e. The van der Waals surface area contributed by atoms with E-state index in [0.29, 0.717) is 6.61 Å². The fourth-order valence-corrected chi connectivity index (χ4v) is 1.87. The zero-order chi connectivity index (χ0) is 12.1. The van der Waals surface area contributed by atoms with Crippen molar-refractivity contribution in [1.29, 1.82) is 0 Å². The Morgan fingerprint density at radius 3 is 2.35 bits per heavy atom. The van der Waals surface area contributed by atoms with Gasteiger partial charge in [-0.2, -0.15) is 0 Å². The molecule has 88 valence electrons. The molecule has 1 nitrogen and oxygen atoms in total. The number of ether oxygens (including phenoxy) is 1. The molecule has 2 rings (SSSR count). The molecule has 0 heterocycles. The van der Waals surface area contributed by atoms with Crippen LogP contribution in [0.1, 0.15) is 23.6 Å². The van der Waals surface area contributed by atoms with E-state index in [0.717, 1.165) is 12.2 Å². The lowest BCUT2D eigenvalue weighted by atomic mass is 10.0. The summed E-state index contributed by atoms with van der Waals surface area (Å²) in [5, 5.41) is 0. The summed E-state index contributed by atoms with van der Waals surface area (Å²) in [5.74, 6) is 0.996. The molecule has 0 N–H and O–H groups in total. The van der Waals surface area contributed by atoms with Crippen molar-refractivity contribution in [3.05, 3.63) is 65.2 Å². The highest BCUT2D eigenvalue weighted by Gasteiger charge is 2.03. The number of para-hydroxylation sites is 1. The topological polar surface area (TPSA) is 9.23 Å². The Morgan fingerprint density at radius 1 is 0.941 bits per heavy atom. The van der Waals surface area contributed by atoms with Crippen molar-refractivity contribution in [3.63, 3.8) is 0 Å². The summed E-state index contributed by atoms with van der Waals surface area (Å²) in [6.07, 6.45) is 0.927. The SMILES string of the molecule is CCOc1ccccc1Cc1ccc(C)cc1. The van der Waals surface area contributed by atoms with Crippen LogP contribution < -0.4 is 4.74 Å². The van der Waals surface area contributed by atoms with Gasteiger partial charge in [-0.1, -0.05) is 48.0 Å². The van der Waals surface area contributed by atoms with E-state index < -0.39 is 0 Å². The predicted molar refractivity (Wildman–Crippen MR) is 71.6 cm³/mol. The van der Waals surface area contributed by atoms with Crippen LogP contribution in [0.15, 0.2) is 48.5 Å². The van der Waals surface area contributed by atoms with Crippen molar-refractivity contribution < 1.29 is 4.74 Å². The molecule has 0 radical (unpaired) electrons. The van der Waals surface area contributed by atoms with E-state index in [-0.39, 0.29) is 0 Å². The van der Waals surface area contributed by atoms with Crippen molar-refractivity contribution in [2.24, 2.45) is 0 Å². The Morgan fingerprint density at radius 2 is 1.65 bits per heavy atom. The molecule has 0 amide bonds. The standard InChI is InChI=1S/C16H18O/c1-3-17-16-7-5-4-6-15(16)12-14-10-8-13(2)9-11-14/h4-11H,3,12H2,1-2H3. The van der Waals surface area contributed by atoms with Crippen LogP contribution in [0.5, 0.6) is 5.75 Å². The molecule has 2 aromatic carbocycles. The lowest BCUT2D eigenvalue weighted by Crippen LogP contribution is -1.97. The van der Waals surface area contributed by atoms with Gasteiger partial charge >= 0.3 is 0 Å². The molecule has 0 spiro atoms. The molecule has 0 saturated carbocycles. The fourth-order valence-electron chi connectivity index (χ4n) is 1.87. The highest BCUT2D eigenvalue weighted by Crippen LogP contribution is 2.21. The lowest BCUT2D eigenvalue weighted by molar-refractivity contribution is 0.337. The first-order valence-corrected chi connectivity index (χ1v) is 6.06. The van der Waals surface area contributed by atoms with E-state index in [9.17, 15) is 0 Å². The van der Waals surface area contributed by atoms with Crippen molar-refractivity contribution in [2.75, 3.05) is 6.61 Å². The molecule has 17 heavy (non-hydrogen) atoms. The number of rotatable bonds is 4. The molecule has 0 unspecified atom stereocenters. The summed E-state index contributed by atoms with van der Waals surface area (Å²) in [5.41, 5.74) is 3.87. The lowest BCUT2D eigenvalue weighted by Gasteiger charge is -2.10. The van der Waals surface area contributed by atoms with Gasteiger partial charge in [-0.05, 0) is 31.0 Å². The first-order chi connectivity index (χ1) is 8.29. The monoisotopic (exact) mass is 226 g/mol. The van der Waals surface area contributed by atoms with E-state index in [1.54, 1.807) is 0 Å². The average Bonchev–Trinajstić information content (AvgIpc) is 2.35. The molecular weight excluding hydrogens is 208 g/mol. The van der Waals surface area contributed by atoms with E-state index in [2.05, 4.69) is 43.3 Å². The highest BCUT2D eigenvalue weighted by atomic mass is 16.5. The van der Waals surface area contributed by atoms with E-state index >= 15 is 0 Å². The molecule has 0 fully saturated rings. The van der Waals surface area contributed by atoms with Gasteiger partial charge in [-0.15, -0.1) is 0 Å². The minimum atomic E-state index is 0.713. The molecule has 1 heteroatoms. The molecule has 0 saturated heterocycles. The van der Waals surface area contributed by atoms with E-state index in [4.69, 9.17) is 4.74 Å². The maximum atomic E-state index is 5.63. The quantitative estimate of drug-likeness (QED) is 0.766. The third-order valence-electron chi connectivity index (χ3n) is 2.79. The van der Waals surface area contributed by atoms with Crippen molar-refractivity contribution in [2.45, 2.75) is 20.3 Å². The summed E-state index contributed by atoms with van der Waals surface area (Å²) in [7, 11) is 0. The van der Waals surface area contributed by atoms with Crippen LogP contribution >= 0.6 is 0 Å². The average molecular weight is 226 g/mol. The summed E-state index contributed by atoms with van der Waals surface area (Å²) in [4.78, 5) is 0. The van der Waals surface area contributed by atoms with Crippen LogP contribution in [-0.4, -0.2) is 6.61 Å². The number of aryl methyl sites for hydroxylation is 1. The minimum absolute atomic E-state index is 0.713. The first-order valence-electron chi connectivity index (χ1n) is 6.06. The smallest absolute Gasteiger partial charge is 0.122 e. The highest BCUT2D eigenvalue weighted by molar-refractivity contribution is 5.38. The number of hydrogen-bond donors (Lipinski definition) is 0. The first kappa shape index (κ1) is 11.7. The molecule has 0 aliphatic rings. The molecule has 0 aliphatic carbocycles. The van der Waals surface area contributed by atoms with Gasteiger partial charge in [0.05, 0.1) is 6.61 Å². The van der Waals surface area contributed by atoms with Gasteiger partial charge in [0.2, 0.25) is 0 Å². The van der Waals surface area contributed by atoms with Crippen LogP contribution in [-0.2, 0) is 6.42 Å². The van der Waals surface area contributed by atoms with Gasteiger partial charge in [0.25, 0.3) is 0 Å². The Hall–Kier alpha value is -1.76. The molecule has 0 aromatic heterocycles. The molecular formula is C16H18O. The summed E-state index contributed by atoms with van der Waals surface area (Å²) >= 11 is 0. The Balaban J connectivity index is 2.20. The molecule has 0 atom stereocenters. The Labute approximate surface area is 103 Å². The normalized spacial score (nSPS) is 10.2. The van der Waals surface area contributed by atoms with Gasteiger partial charge in [-0.25, -0.2) is 0 Å². The number of hydrogen-bond acceptors (Lipinski definition) is 1. The Kier molecular flexibility index (Phi) is 3.81.